The van der Waals surface area contributed by atoms with Crippen LogP contribution >= 0.6 is 23.2 Å². The molecule has 110 valence electrons. The first-order valence-electron chi connectivity index (χ1n) is 6.46. The second kappa shape index (κ2) is 6.61. The third kappa shape index (κ3) is 3.75. The van der Waals surface area contributed by atoms with Crippen molar-refractivity contribution in [3.05, 3.63) is 22.3 Å². The molecule has 0 unspecified atom stereocenters. The molecular formula is C13H18Cl2N4O. The molecule has 1 amide bonds. The van der Waals surface area contributed by atoms with Crippen LogP contribution < -0.4 is 4.90 Å². The van der Waals surface area contributed by atoms with Crippen LogP contribution in [0, 0.1) is 0 Å². The van der Waals surface area contributed by atoms with Crippen LogP contribution in [0.3, 0.4) is 0 Å². The molecule has 1 aromatic rings. The normalized spacial score (nSPS) is 16.3. The van der Waals surface area contributed by atoms with Gasteiger partial charge in [0.1, 0.15) is 5.82 Å². The lowest BCUT2D eigenvalue weighted by Crippen LogP contribution is -2.49. The van der Waals surface area contributed by atoms with E-state index in [1.165, 1.54) is 0 Å². The van der Waals surface area contributed by atoms with Crippen molar-refractivity contribution in [3.63, 3.8) is 0 Å². The summed E-state index contributed by atoms with van der Waals surface area (Å²) in [5.74, 6) is 0.885. The number of rotatable bonds is 3. The van der Waals surface area contributed by atoms with Crippen molar-refractivity contribution >= 4 is 34.9 Å². The summed E-state index contributed by atoms with van der Waals surface area (Å²) in [5, 5.41) is 1.10. The fourth-order valence-corrected chi connectivity index (χ4v) is 2.59. The molecule has 0 bridgehead atoms. The number of halogens is 2. The highest BCUT2D eigenvalue weighted by molar-refractivity contribution is 6.36. The second-order valence-electron chi connectivity index (χ2n) is 5.01. The molecule has 0 saturated carbocycles. The van der Waals surface area contributed by atoms with E-state index in [4.69, 9.17) is 23.2 Å². The van der Waals surface area contributed by atoms with Gasteiger partial charge in [0.05, 0.1) is 16.6 Å². The van der Waals surface area contributed by atoms with Gasteiger partial charge in [-0.05, 0) is 6.07 Å². The fourth-order valence-electron chi connectivity index (χ4n) is 2.09. The van der Waals surface area contributed by atoms with Crippen molar-refractivity contribution in [1.29, 1.82) is 0 Å². The lowest BCUT2D eigenvalue weighted by Gasteiger charge is -2.35. The molecule has 1 fully saturated rings. The average Bonchev–Trinajstić information content (AvgIpc) is 2.40. The topological polar surface area (TPSA) is 39.7 Å². The van der Waals surface area contributed by atoms with Gasteiger partial charge >= 0.3 is 0 Å². The maximum Gasteiger partial charge on any atom is 0.236 e. The Bertz CT molecular complexity index is 487. The number of likely N-dealkylation sites (N-methyl/N-ethyl adjacent to an activating group) is 1. The molecule has 0 N–H and O–H groups in total. The standard InChI is InChI=1S/C13H18Cl2N4O/c1-17(2)12(20)9-18-3-5-19(6-4-18)13-11(15)7-10(14)8-16-13/h7-8H,3-6,9H2,1-2H3. The van der Waals surface area contributed by atoms with Crippen molar-refractivity contribution in [2.45, 2.75) is 0 Å². The zero-order valence-electron chi connectivity index (χ0n) is 11.6. The van der Waals surface area contributed by atoms with Gasteiger partial charge in [-0.25, -0.2) is 4.98 Å². The number of anilines is 1. The Morgan fingerprint density at radius 1 is 1.30 bits per heavy atom. The molecule has 0 aromatic carbocycles. The Balaban J connectivity index is 1.92. The lowest BCUT2D eigenvalue weighted by molar-refractivity contribution is -0.129. The predicted octanol–water partition coefficient (Wildman–Crippen LogP) is 1.60. The summed E-state index contributed by atoms with van der Waals surface area (Å²) in [4.78, 5) is 21.8. The Morgan fingerprint density at radius 2 is 1.95 bits per heavy atom. The number of carbonyl (C=O) groups is 1. The van der Waals surface area contributed by atoms with E-state index in [1.54, 1.807) is 31.3 Å². The van der Waals surface area contributed by atoms with Gasteiger partial charge in [0.15, 0.2) is 0 Å². The van der Waals surface area contributed by atoms with Gasteiger partial charge in [0, 0.05) is 46.5 Å². The summed E-state index contributed by atoms with van der Waals surface area (Å²) < 4.78 is 0. The van der Waals surface area contributed by atoms with Crippen LogP contribution in [-0.2, 0) is 4.79 Å². The average molecular weight is 317 g/mol. The van der Waals surface area contributed by atoms with E-state index in [1.807, 2.05) is 0 Å². The summed E-state index contributed by atoms with van der Waals surface area (Å²) >= 11 is 12.0. The zero-order valence-corrected chi connectivity index (χ0v) is 13.2. The van der Waals surface area contributed by atoms with Crippen molar-refractivity contribution in [1.82, 2.24) is 14.8 Å². The zero-order chi connectivity index (χ0) is 14.7. The van der Waals surface area contributed by atoms with Gasteiger partial charge in [-0.15, -0.1) is 0 Å². The molecular weight excluding hydrogens is 299 g/mol. The quantitative estimate of drug-likeness (QED) is 0.849. The summed E-state index contributed by atoms with van der Waals surface area (Å²) in [5.41, 5.74) is 0. The number of hydrogen-bond acceptors (Lipinski definition) is 4. The van der Waals surface area contributed by atoms with E-state index in [9.17, 15) is 4.79 Å². The van der Waals surface area contributed by atoms with Crippen molar-refractivity contribution in [3.8, 4) is 0 Å². The largest absolute Gasteiger partial charge is 0.353 e. The molecule has 0 spiro atoms. The number of amides is 1. The minimum Gasteiger partial charge on any atom is -0.353 e. The van der Waals surface area contributed by atoms with Crippen LogP contribution in [0.25, 0.3) is 0 Å². The second-order valence-corrected chi connectivity index (χ2v) is 5.85. The summed E-state index contributed by atoms with van der Waals surface area (Å²) in [6.07, 6.45) is 1.60. The molecule has 0 radical (unpaired) electrons. The SMILES string of the molecule is CN(C)C(=O)CN1CCN(c2ncc(Cl)cc2Cl)CC1. The van der Waals surface area contributed by atoms with E-state index in [0.717, 1.165) is 32.0 Å². The van der Waals surface area contributed by atoms with E-state index in [0.29, 0.717) is 16.6 Å². The number of piperazine rings is 1. The maximum absolute atomic E-state index is 11.7. The summed E-state index contributed by atoms with van der Waals surface area (Å²) in [6.45, 7) is 3.70. The molecule has 0 atom stereocenters. The number of nitrogens with zero attached hydrogens (tertiary/aromatic N) is 4. The van der Waals surface area contributed by atoms with Crippen LogP contribution in [0.1, 0.15) is 0 Å². The van der Waals surface area contributed by atoms with Crippen LogP contribution in [0.4, 0.5) is 5.82 Å². The molecule has 0 aliphatic carbocycles. The molecule has 2 rings (SSSR count). The first kappa shape index (κ1) is 15.4. The van der Waals surface area contributed by atoms with Gasteiger partial charge < -0.3 is 9.80 Å². The van der Waals surface area contributed by atoms with E-state index < -0.39 is 0 Å². The Hall–Kier alpha value is -1.04. The smallest absolute Gasteiger partial charge is 0.236 e. The van der Waals surface area contributed by atoms with Gasteiger partial charge in [-0.3, -0.25) is 9.69 Å². The summed E-state index contributed by atoms with van der Waals surface area (Å²) in [6, 6.07) is 1.70. The van der Waals surface area contributed by atoms with Crippen LogP contribution in [-0.4, -0.2) is 67.5 Å². The monoisotopic (exact) mass is 316 g/mol. The first-order chi connectivity index (χ1) is 9.47. The van der Waals surface area contributed by atoms with Gasteiger partial charge in [-0.1, -0.05) is 23.2 Å². The van der Waals surface area contributed by atoms with Gasteiger partial charge in [0.2, 0.25) is 5.91 Å². The van der Waals surface area contributed by atoms with Gasteiger partial charge in [-0.2, -0.15) is 0 Å². The number of hydrogen-bond donors (Lipinski definition) is 0. The molecule has 1 saturated heterocycles. The van der Waals surface area contributed by atoms with Crippen LogP contribution in [0.15, 0.2) is 12.3 Å². The van der Waals surface area contributed by atoms with Crippen molar-refractivity contribution < 1.29 is 4.79 Å². The molecule has 5 nitrogen and oxygen atoms in total. The number of carbonyl (C=O) groups excluding carboxylic acids is 1. The third-order valence-corrected chi connectivity index (χ3v) is 3.80. The van der Waals surface area contributed by atoms with Crippen molar-refractivity contribution in [2.24, 2.45) is 0 Å². The molecule has 1 aliphatic rings. The summed E-state index contributed by atoms with van der Waals surface area (Å²) in [7, 11) is 3.55. The molecule has 1 aromatic heterocycles. The van der Waals surface area contributed by atoms with Crippen LogP contribution in [0.2, 0.25) is 10.0 Å². The highest BCUT2D eigenvalue weighted by Gasteiger charge is 2.21. The lowest BCUT2D eigenvalue weighted by atomic mass is 10.3. The Kier molecular flexibility index (Phi) is 5.07. The fraction of sp³-hybridized carbons (Fsp3) is 0.538. The third-order valence-electron chi connectivity index (χ3n) is 3.32. The van der Waals surface area contributed by atoms with E-state index >= 15 is 0 Å². The molecule has 2 heterocycles. The molecule has 20 heavy (non-hydrogen) atoms. The van der Waals surface area contributed by atoms with Gasteiger partial charge in [0.25, 0.3) is 0 Å². The number of pyridine rings is 1. The molecule has 1 aliphatic heterocycles. The highest BCUT2D eigenvalue weighted by Crippen LogP contribution is 2.26. The Labute approximate surface area is 129 Å². The van der Waals surface area contributed by atoms with Crippen LogP contribution in [0.5, 0.6) is 0 Å². The number of aromatic nitrogens is 1. The minimum absolute atomic E-state index is 0.126. The first-order valence-corrected chi connectivity index (χ1v) is 7.21. The van der Waals surface area contributed by atoms with E-state index in [2.05, 4.69) is 14.8 Å². The van der Waals surface area contributed by atoms with Crippen molar-refractivity contribution in [2.75, 3.05) is 51.7 Å². The predicted molar refractivity (Wildman–Crippen MR) is 81.6 cm³/mol. The highest BCUT2D eigenvalue weighted by atomic mass is 35.5. The Morgan fingerprint density at radius 3 is 2.50 bits per heavy atom. The minimum atomic E-state index is 0.126. The maximum atomic E-state index is 11.7. The molecule has 7 heteroatoms. The van der Waals surface area contributed by atoms with E-state index in [-0.39, 0.29) is 5.91 Å².